The Morgan fingerprint density at radius 3 is 2.36 bits per heavy atom. The molecular formula is C11H18O3. The third-order valence-electron chi connectivity index (χ3n) is 1.99. The summed E-state index contributed by atoms with van der Waals surface area (Å²) in [7, 11) is 1.23. The molecule has 0 radical (unpaired) electrons. The van der Waals surface area contributed by atoms with E-state index in [-0.39, 0.29) is 5.92 Å². The van der Waals surface area contributed by atoms with Crippen LogP contribution in [0.1, 0.15) is 33.6 Å². The molecule has 1 atom stereocenters. The van der Waals surface area contributed by atoms with Gasteiger partial charge in [0.1, 0.15) is 0 Å². The van der Waals surface area contributed by atoms with Gasteiger partial charge in [0.15, 0.2) is 0 Å². The molecule has 14 heavy (non-hydrogen) atoms. The van der Waals surface area contributed by atoms with Crippen LogP contribution in [-0.2, 0) is 14.3 Å². The van der Waals surface area contributed by atoms with E-state index in [0.717, 1.165) is 6.42 Å². The lowest BCUT2D eigenvalue weighted by molar-refractivity contribution is -0.153. The highest BCUT2D eigenvalue weighted by atomic mass is 16.5. The molecule has 0 spiro atoms. The minimum atomic E-state index is -0.741. The zero-order valence-corrected chi connectivity index (χ0v) is 9.29. The molecule has 0 aliphatic rings. The summed E-state index contributed by atoms with van der Waals surface area (Å²) in [6, 6.07) is 0. The van der Waals surface area contributed by atoms with Gasteiger partial charge in [0, 0.05) is 5.92 Å². The number of carbonyl (C=O) groups is 2. The molecule has 0 aliphatic heterocycles. The second kappa shape index (κ2) is 6.35. The maximum Gasteiger partial charge on any atom is 0.374 e. The highest BCUT2D eigenvalue weighted by Gasteiger charge is 2.20. The largest absolute Gasteiger partial charge is 0.463 e. The fourth-order valence-corrected chi connectivity index (χ4v) is 1.05. The first kappa shape index (κ1) is 12.9. The number of carbonyl (C=O) groups excluding carboxylic acids is 2. The van der Waals surface area contributed by atoms with Gasteiger partial charge in [0.25, 0.3) is 0 Å². The molecule has 0 saturated heterocycles. The van der Waals surface area contributed by atoms with Crippen LogP contribution in [0.2, 0.25) is 0 Å². The zero-order valence-electron chi connectivity index (χ0n) is 9.29. The topological polar surface area (TPSA) is 43.4 Å². The number of esters is 1. The Kier molecular flexibility index (Phi) is 5.84. The number of ketones is 1. The van der Waals surface area contributed by atoms with E-state index in [2.05, 4.69) is 10.8 Å². The van der Waals surface area contributed by atoms with E-state index in [1.54, 1.807) is 6.92 Å². The van der Waals surface area contributed by atoms with E-state index < -0.39 is 11.8 Å². The summed E-state index contributed by atoms with van der Waals surface area (Å²) in [6.45, 7) is 5.76. The summed E-state index contributed by atoms with van der Waals surface area (Å²) in [5.74, 6) is -1.43. The fourth-order valence-electron chi connectivity index (χ4n) is 1.05. The van der Waals surface area contributed by atoms with E-state index in [1.165, 1.54) is 12.7 Å². The Bertz CT molecular complexity index is 237. The molecule has 80 valence electrons. The second-order valence-corrected chi connectivity index (χ2v) is 3.62. The van der Waals surface area contributed by atoms with E-state index in [9.17, 15) is 9.59 Å². The van der Waals surface area contributed by atoms with Crippen LogP contribution < -0.4 is 0 Å². The van der Waals surface area contributed by atoms with Gasteiger partial charge in [-0.25, -0.2) is 4.79 Å². The van der Waals surface area contributed by atoms with Gasteiger partial charge in [-0.3, -0.25) is 4.79 Å². The van der Waals surface area contributed by atoms with Crippen molar-refractivity contribution in [2.75, 3.05) is 7.11 Å². The lowest BCUT2D eigenvalue weighted by Gasteiger charge is -2.06. The summed E-state index contributed by atoms with van der Waals surface area (Å²) in [5, 5.41) is 0. The Morgan fingerprint density at radius 2 is 1.93 bits per heavy atom. The highest BCUT2D eigenvalue weighted by molar-refractivity contribution is 6.34. The van der Waals surface area contributed by atoms with Crippen molar-refractivity contribution in [2.45, 2.75) is 33.6 Å². The van der Waals surface area contributed by atoms with Crippen molar-refractivity contribution < 1.29 is 14.3 Å². The van der Waals surface area contributed by atoms with Gasteiger partial charge < -0.3 is 4.74 Å². The normalized spacial score (nSPS) is 11.7. The maximum atomic E-state index is 11.3. The van der Waals surface area contributed by atoms with Crippen LogP contribution in [0.25, 0.3) is 0 Å². The van der Waals surface area contributed by atoms with Crippen molar-refractivity contribution in [1.82, 2.24) is 0 Å². The van der Waals surface area contributed by atoms with Crippen LogP contribution in [0.4, 0.5) is 0 Å². The third-order valence-corrected chi connectivity index (χ3v) is 1.99. The van der Waals surface area contributed by atoms with Gasteiger partial charge in [-0.15, -0.1) is 0 Å². The lowest BCUT2D eigenvalue weighted by Crippen LogP contribution is -2.22. The van der Waals surface area contributed by atoms with Crippen LogP contribution in [-0.4, -0.2) is 18.9 Å². The Morgan fingerprint density at radius 1 is 1.36 bits per heavy atom. The van der Waals surface area contributed by atoms with Crippen molar-refractivity contribution >= 4 is 11.8 Å². The molecular weight excluding hydrogens is 180 g/mol. The molecule has 0 bridgehead atoms. The first-order valence-corrected chi connectivity index (χ1v) is 4.74. The SMILES string of the molecule is COC(=O)C(=O)[C@H](C)CCC=C(C)C. The van der Waals surface area contributed by atoms with Gasteiger partial charge >= 0.3 is 5.97 Å². The van der Waals surface area contributed by atoms with Crippen molar-refractivity contribution in [3.63, 3.8) is 0 Å². The van der Waals surface area contributed by atoms with Crippen LogP contribution in [0.3, 0.4) is 0 Å². The summed E-state index contributed by atoms with van der Waals surface area (Å²) < 4.78 is 4.36. The molecule has 0 aromatic rings. The van der Waals surface area contributed by atoms with Crippen LogP contribution in [0.5, 0.6) is 0 Å². The van der Waals surface area contributed by atoms with Crippen LogP contribution in [0, 0.1) is 5.92 Å². The first-order valence-electron chi connectivity index (χ1n) is 4.74. The second-order valence-electron chi connectivity index (χ2n) is 3.62. The van der Waals surface area contributed by atoms with Crippen molar-refractivity contribution in [3.05, 3.63) is 11.6 Å². The molecule has 0 aromatic heterocycles. The van der Waals surface area contributed by atoms with Gasteiger partial charge in [0.2, 0.25) is 5.78 Å². The van der Waals surface area contributed by atoms with Gasteiger partial charge in [-0.05, 0) is 26.7 Å². The molecule has 0 amide bonds. The third kappa shape index (κ3) is 4.80. The molecule has 0 aromatic carbocycles. The average Bonchev–Trinajstić information content (AvgIpc) is 2.14. The minimum absolute atomic E-state index is 0.252. The Balaban J connectivity index is 3.96. The van der Waals surface area contributed by atoms with Crippen molar-refractivity contribution in [3.8, 4) is 0 Å². The van der Waals surface area contributed by atoms with E-state index >= 15 is 0 Å². The van der Waals surface area contributed by atoms with Gasteiger partial charge in [-0.1, -0.05) is 18.6 Å². The molecule has 3 heteroatoms. The monoisotopic (exact) mass is 198 g/mol. The number of hydrogen-bond acceptors (Lipinski definition) is 3. The van der Waals surface area contributed by atoms with E-state index in [4.69, 9.17) is 0 Å². The number of Topliss-reactive ketones (excluding diaryl/α,β-unsaturated/α-hetero) is 1. The highest BCUT2D eigenvalue weighted by Crippen LogP contribution is 2.09. The fraction of sp³-hybridized carbons (Fsp3) is 0.636. The quantitative estimate of drug-likeness (QED) is 0.386. The predicted octanol–water partition coefficient (Wildman–Crippen LogP) is 2.11. The molecule has 0 heterocycles. The number of hydrogen-bond donors (Lipinski definition) is 0. The number of rotatable bonds is 5. The molecule has 0 N–H and O–H groups in total. The lowest BCUT2D eigenvalue weighted by atomic mass is 10.00. The van der Waals surface area contributed by atoms with Crippen molar-refractivity contribution in [1.29, 1.82) is 0 Å². The standard InChI is InChI=1S/C11H18O3/c1-8(2)6-5-7-9(3)10(12)11(13)14-4/h6,9H,5,7H2,1-4H3/t9-/m1/s1. The summed E-state index contributed by atoms with van der Waals surface area (Å²) in [4.78, 5) is 22.1. The molecule has 0 unspecified atom stereocenters. The minimum Gasteiger partial charge on any atom is -0.463 e. The molecule has 0 fully saturated rings. The summed E-state index contributed by atoms with van der Waals surface area (Å²) >= 11 is 0. The summed E-state index contributed by atoms with van der Waals surface area (Å²) in [6.07, 6.45) is 3.58. The van der Waals surface area contributed by atoms with Gasteiger partial charge in [-0.2, -0.15) is 0 Å². The average molecular weight is 198 g/mol. The molecule has 0 rings (SSSR count). The summed E-state index contributed by atoms with van der Waals surface area (Å²) in [5.41, 5.74) is 1.22. The van der Waals surface area contributed by atoms with E-state index in [1.807, 2.05) is 13.8 Å². The smallest absolute Gasteiger partial charge is 0.374 e. The van der Waals surface area contributed by atoms with E-state index in [0.29, 0.717) is 6.42 Å². The molecule has 0 aliphatic carbocycles. The zero-order chi connectivity index (χ0) is 11.1. The number of allylic oxidation sites excluding steroid dienone is 2. The predicted molar refractivity (Wildman–Crippen MR) is 54.9 cm³/mol. The Hall–Kier alpha value is -1.12. The van der Waals surface area contributed by atoms with Crippen molar-refractivity contribution in [2.24, 2.45) is 5.92 Å². The Labute approximate surface area is 85.1 Å². The van der Waals surface area contributed by atoms with Gasteiger partial charge in [0.05, 0.1) is 7.11 Å². The number of ether oxygens (including phenoxy) is 1. The molecule has 0 saturated carbocycles. The first-order chi connectivity index (χ1) is 6.49. The maximum absolute atomic E-state index is 11.3. The molecule has 3 nitrogen and oxygen atoms in total. The van der Waals surface area contributed by atoms with Crippen LogP contribution in [0.15, 0.2) is 11.6 Å². The number of methoxy groups -OCH3 is 1. The van der Waals surface area contributed by atoms with Crippen LogP contribution >= 0.6 is 0 Å².